The third kappa shape index (κ3) is 2.25. The molecule has 1 heterocycles. The van der Waals surface area contributed by atoms with Gasteiger partial charge in [-0.1, -0.05) is 0 Å². The van der Waals surface area contributed by atoms with E-state index in [1.807, 2.05) is 17.6 Å². The van der Waals surface area contributed by atoms with Crippen molar-refractivity contribution in [2.24, 2.45) is 0 Å². The Morgan fingerprint density at radius 2 is 2.24 bits per heavy atom. The molecule has 0 N–H and O–H groups in total. The minimum absolute atomic E-state index is 0.192. The SMILES string of the molecule is CCOC(=O)Cn1c(C)cc2c1CCCC2=O. The Hall–Kier alpha value is -1.58. The van der Waals surface area contributed by atoms with Gasteiger partial charge in [0.15, 0.2) is 5.78 Å². The van der Waals surface area contributed by atoms with E-state index in [0.29, 0.717) is 13.0 Å². The zero-order valence-corrected chi connectivity index (χ0v) is 10.3. The van der Waals surface area contributed by atoms with Crippen molar-refractivity contribution in [2.75, 3.05) is 6.61 Å². The third-order valence-electron chi connectivity index (χ3n) is 3.13. The van der Waals surface area contributed by atoms with Crippen molar-refractivity contribution in [3.63, 3.8) is 0 Å². The van der Waals surface area contributed by atoms with Crippen LogP contribution in [-0.4, -0.2) is 22.9 Å². The number of nitrogens with zero attached hydrogens (tertiary/aromatic N) is 1. The number of hydrogen-bond donors (Lipinski definition) is 0. The number of esters is 1. The van der Waals surface area contributed by atoms with Gasteiger partial charge in [0.1, 0.15) is 6.54 Å². The molecule has 0 aromatic carbocycles. The van der Waals surface area contributed by atoms with Crippen molar-refractivity contribution in [3.8, 4) is 0 Å². The number of aryl methyl sites for hydroxylation is 1. The summed E-state index contributed by atoms with van der Waals surface area (Å²) in [5.74, 6) is -0.0519. The van der Waals surface area contributed by atoms with Gasteiger partial charge >= 0.3 is 5.97 Å². The highest BCUT2D eigenvalue weighted by Crippen LogP contribution is 2.24. The Kier molecular flexibility index (Phi) is 3.31. The molecule has 4 nitrogen and oxygen atoms in total. The van der Waals surface area contributed by atoms with Gasteiger partial charge in [-0.25, -0.2) is 0 Å². The van der Waals surface area contributed by atoms with E-state index in [2.05, 4.69) is 0 Å². The van der Waals surface area contributed by atoms with Crippen LogP contribution in [0.2, 0.25) is 0 Å². The average molecular weight is 235 g/mol. The number of ether oxygens (including phenoxy) is 1. The summed E-state index contributed by atoms with van der Waals surface area (Å²) in [4.78, 5) is 23.2. The molecule has 0 amide bonds. The van der Waals surface area contributed by atoms with Crippen molar-refractivity contribution in [2.45, 2.75) is 39.7 Å². The van der Waals surface area contributed by atoms with Crippen molar-refractivity contribution in [1.29, 1.82) is 0 Å². The third-order valence-corrected chi connectivity index (χ3v) is 3.13. The summed E-state index contributed by atoms with van der Waals surface area (Å²) in [6.07, 6.45) is 2.36. The molecule has 2 rings (SSSR count). The standard InChI is InChI=1S/C13H17NO3/c1-3-17-13(16)8-14-9(2)7-10-11(14)5-4-6-12(10)15/h7H,3-6,8H2,1-2H3. The predicted octanol–water partition coefficient (Wildman–Crippen LogP) is 1.88. The lowest BCUT2D eigenvalue weighted by atomic mass is 9.97. The van der Waals surface area contributed by atoms with Crippen LogP contribution in [0.1, 0.15) is 41.5 Å². The molecule has 17 heavy (non-hydrogen) atoms. The molecule has 1 aliphatic carbocycles. The van der Waals surface area contributed by atoms with E-state index in [4.69, 9.17) is 4.74 Å². The normalized spacial score (nSPS) is 14.6. The fraction of sp³-hybridized carbons (Fsp3) is 0.538. The van der Waals surface area contributed by atoms with Gasteiger partial charge in [-0.2, -0.15) is 0 Å². The number of Topliss-reactive ketones (excluding diaryl/α,β-unsaturated/α-hetero) is 1. The van der Waals surface area contributed by atoms with Crippen LogP contribution in [0.25, 0.3) is 0 Å². The van der Waals surface area contributed by atoms with Crippen LogP contribution in [0.15, 0.2) is 6.07 Å². The minimum Gasteiger partial charge on any atom is -0.465 e. The number of carbonyl (C=O) groups excluding carboxylic acids is 2. The first-order valence-electron chi connectivity index (χ1n) is 6.01. The summed E-state index contributed by atoms with van der Waals surface area (Å²) in [5, 5.41) is 0. The summed E-state index contributed by atoms with van der Waals surface area (Å²) in [6.45, 7) is 4.31. The number of carbonyl (C=O) groups is 2. The highest BCUT2D eigenvalue weighted by Gasteiger charge is 2.23. The molecule has 1 aromatic rings. The number of ketones is 1. The monoisotopic (exact) mass is 235 g/mol. The van der Waals surface area contributed by atoms with Crippen LogP contribution in [0.4, 0.5) is 0 Å². The molecule has 4 heteroatoms. The molecule has 0 atom stereocenters. The van der Waals surface area contributed by atoms with Gasteiger partial charge in [-0.15, -0.1) is 0 Å². The zero-order chi connectivity index (χ0) is 12.4. The average Bonchev–Trinajstić information content (AvgIpc) is 2.58. The van der Waals surface area contributed by atoms with Crippen LogP contribution in [0.5, 0.6) is 0 Å². The van der Waals surface area contributed by atoms with Crippen molar-refractivity contribution < 1.29 is 14.3 Å². The lowest BCUT2D eigenvalue weighted by Crippen LogP contribution is -2.19. The van der Waals surface area contributed by atoms with Crippen molar-refractivity contribution >= 4 is 11.8 Å². The fourth-order valence-corrected chi connectivity index (χ4v) is 2.35. The molecule has 0 bridgehead atoms. The maximum absolute atomic E-state index is 11.7. The van der Waals surface area contributed by atoms with Gasteiger partial charge in [-0.3, -0.25) is 9.59 Å². The summed E-state index contributed by atoms with van der Waals surface area (Å²) >= 11 is 0. The van der Waals surface area contributed by atoms with Gasteiger partial charge in [0.05, 0.1) is 6.61 Å². The lowest BCUT2D eigenvalue weighted by molar-refractivity contribution is -0.143. The van der Waals surface area contributed by atoms with Gasteiger partial charge in [0.2, 0.25) is 0 Å². The number of fused-ring (bicyclic) bond motifs is 1. The van der Waals surface area contributed by atoms with E-state index < -0.39 is 0 Å². The minimum atomic E-state index is -0.243. The molecule has 0 aliphatic heterocycles. The molecular formula is C13H17NO3. The van der Waals surface area contributed by atoms with E-state index in [-0.39, 0.29) is 18.3 Å². The molecule has 0 unspecified atom stereocenters. The Morgan fingerprint density at radius 3 is 2.94 bits per heavy atom. The van der Waals surface area contributed by atoms with Crippen LogP contribution >= 0.6 is 0 Å². The number of aromatic nitrogens is 1. The summed E-state index contributed by atoms with van der Waals surface area (Å²) in [7, 11) is 0. The van der Waals surface area contributed by atoms with Crippen molar-refractivity contribution in [3.05, 3.63) is 23.0 Å². The van der Waals surface area contributed by atoms with Gasteiger partial charge < -0.3 is 9.30 Å². The summed E-state index contributed by atoms with van der Waals surface area (Å²) in [6, 6.07) is 1.88. The van der Waals surface area contributed by atoms with Gasteiger partial charge in [-0.05, 0) is 32.8 Å². The second kappa shape index (κ2) is 4.73. The van der Waals surface area contributed by atoms with E-state index >= 15 is 0 Å². The van der Waals surface area contributed by atoms with Gasteiger partial charge in [0.25, 0.3) is 0 Å². The number of hydrogen-bond acceptors (Lipinski definition) is 3. The Balaban J connectivity index is 2.28. The zero-order valence-electron chi connectivity index (χ0n) is 10.3. The quantitative estimate of drug-likeness (QED) is 0.751. The Labute approximate surface area is 101 Å². The summed E-state index contributed by atoms with van der Waals surface area (Å²) < 4.78 is 6.85. The molecule has 0 fully saturated rings. The van der Waals surface area contributed by atoms with Crippen LogP contribution in [-0.2, 0) is 22.5 Å². The van der Waals surface area contributed by atoms with E-state index in [1.165, 1.54) is 0 Å². The van der Waals surface area contributed by atoms with Crippen molar-refractivity contribution in [1.82, 2.24) is 4.57 Å². The number of rotatable bonds is 3. The second-order valence-corrected chi connectivity index (χ2v) is 4.31. The molecule has 0 saturated heterocycles. The van der Waals surface area contributed by atoms with Gasteiger partial charge in [0, 0.05) is 23.4 Å². The van der Waals surface area contributed by atoms with Crippen LogP contribution in [0.3, 0.4) is 0 Å². The largest absolute Gasteiger partial charge is 0.465 e. The second-order valence-electron chi connectivity index (χ2n) is 4.31. The summed E-state index contributed by atoms with van der Waals surface area (Å²) in [5.41, 5.74) is 2.74. The maximum atomic E-state index is 11.7. The van der Waals surface area contributed by atoms with Crippen LogP contribution < -0.4 is 0 Å². The first-order chi connectivity index (χ1) is 8.13. The van der Waals surface area contributed by atoms with E-state index in [1.54, 1.807) is 6.92 Å². The lowest BCUT2D eigenvalue weighted by Gasteiger charge is -2.15. The van der Waals surface area contributed by atoms with Crippen LogP contribution in [0, 0.1) is 6.92 Å². The highest BCUT2D eigenvalue weighted by molar-refractivity contribution is 5.98. The molecule has 0 saturated carbocycles. The fourth-order valence-electron chi connectivity index (χ4n) is 2.35. The van der Waals surface area contributed by atoms with E-state index in [0.717, 1.165) is 29.8 Å². The smallest absolute Gasteiger partial charge is 0.325 e. The molecule has 0 spiro atoms. The topological polar surface area (TPSA) is 48.3 Å². The first-order valence-corrected chi connectivity index (χ1v) is 6.01. The molecule has 1 aromatic heterocycles. The Morgan fingerprint density at radius 1 is 1.47 bits per heavy atom. The Bertz CT molecular complexity index is 459. The van der Waals surface area contributed by atoms with E-state index in [9.17, 15) is 9.59 Å². The predicted molar refractivity (Wildman–Crippen MR) is 63.1 cm³/mol. The maximum Gasteiger partial charge on any atom is 0.325 e. The molecule has 92 valence electrons. The first kappa shape index (κ1) is 11.9. The highest BCUT2D eigenvalue weighted by atomic mass is 16.5. The molecular weight excluding hydrogens is 218 g/mol. The molecule has 0 radical (unpaired) electrons. The molecule has 1 aliphatic rings.